The number of nitrogens with one attached hydrogen (secondary N) is 1. The predicted octanol–water partition coefficient (Wildman–Crippen LogP) is 4.05. The molecule has 2 unspecified atom stereocenters. The largest absolute Gasteiger partial charge is 0.311 e. The monoisotopic (exact) mass is 280 g/mol. The van der Waals surface area contributed by atoms with Crippen LogP contribution in [0.2, 0.25) is 0 Å². The van der Waals surface area contributed by atoms with Crippen LogP contribution in [0, 0.1) is 11.8 Å². The highest BCUT2D eigenvalue weighted by molar-refractivity contribution is 4.92. The van der Waals surface area contributed by atoms with Crippen LogP contribution in [-0.2, 0) is 0 Å². The molecule has 0 aromatic carbocycles. The van der Waals surface area contributed by atoms with Crippen molar-refractivity contribution < 1.29 is 0 Å². The van der Waals surface area contributed by atoms with Gasteiger partial charge in [-0.1, -0.05) is 53.4 Å². The molecule has 0 amide bonds. The third-order valence-electron chi connectivity index (χ3n) is 5.29. The van der Waals surface area contributed by atoms with Gasteiger partial charge in [0.25, 0.3) is 0 Å². The van der Waals surface area contributed by atoms with Crippen molar-refractivity contribution in [2.45, 2.75) is 90.8 Å². The Labute approximate surface area is 126 Å². The van der Waals surface area contributed by atoms with E-state index >= 15 is 0 Å². The molecule has 2 aliphatic rings. The second kappa shape index (κ2) is 7.79. The normalized spacial score (nSPS) is 30.9. The molecule has 2 fully saturated rings. The first-order valence-corrected chi connectivity index (χ1v) is 9.07. The van der Waals surface area contributed by atoms with Gasteiger partial charge in [-0.05, 0) is 31.1 Å². The van der Waals surface area contributed by atoms with Crippen LogP contribution in [0.25, 0.3) is 0 Å². The first kappa shape index (κ1) is 16.3. The fourth-order valence-electron chi connectivity index (χ4n) is 4.21. The summed E-state index contributed by atoms with van der Waals surface area (Å²) in [6.07, 6.45) is 10.0. The Kier molecular flexibility index (Phi) is 6.35. The molecule has 0 spiro atoms. The molecule has 1 N–H and O–H groups in total. The number of piperazine rings is 1. The summed E-state index contributed by atoms with van der Waals surface area (Å²) in [4.78, 5) is 2.90. The fraction of sp³-hybridized carbons (Fsp3) is 1.00. The van der Waals surface area contributed by atoms with Crippen molar-refractivity contribution in [3.63, 3.8) is 0 Å². The van der Waals surface area contributed by atoms with E-state index in [1.807, 2.05) is 0 Å². The Bertz CT molecular complexity index is 267. The molecule has 0 aromatic heterocycles. The predicted molar refractivity (Wildman–Crippen MR) is 88.1 cm³/mol. The van der Waals surface area contributed by atoms with Crippen molar-refractivity contribution in [2.24, 2.45) is 11.8 Å². The highest BCUT2D eigenvalue weighted by Gasteiger charge is 2.34. The quantitative estimate of drug-likeness (QED) is 0.781. The lowest BCUT2D eigenvalue weighted by atomic mass is 9.91. The van der Waals surface area contributed by atoms with Gasteiger partial charge in [0.05, 0.1) is 0 Å². The van der Waals surface area contributed by atoms with E-state index in [9.17, 15) is 0 Å². The summed E-state index contributed by atoms with van der Waals surface area (Å²) >= 11 is 0. The fourth-order valence-corrected chi connectivity index (χ4v) is 4.21. The molecule has 20 heavy (non-hydrogen) atoms. The Morgan fingerprint density at radius 1 is 1.00 bits per heavy atom. The smallest absolute Gasteiger partial charge is 0.0247 e. The minimum Gasteiger partial charge on any atom is -0.311 e. The Morgan fingerprint density at radius 2 is 1.65 bits per heavy atom. The molecule has 2 atom stereocenters. The van der Waals surface area contributed by atoms with Crippen LogP contribution in [0.3, 0.4) is 0 Å². The van der Waals surface area contributed by atoms with Gasteiger partial charge in [-0.3, -0.25) is 4.90 Å². The highest BCUT2D eigenvalue weighted by Crippen LogP contribution is 2.28. The lowest BCUT2D eigenvalue weighted by Crippen LogP contribution is -2.61. The maximum absolute atomic E-state index is 3.82. The van der Waals surface area contributed by atoms with E-state index in [2.05, 4.69) is 37.9 Å². The highest BCUT2D eigenvalue weighted by atomic mass is 15.3. The van der Waals surface area contributed by atoms with Crippen LogP contribution >= 0.6 is 0 Å². The van der Waals surface area contributed by atoms with E-state index in [0.29, 0.717) is 6.04 Å². The Hall–Kier alpha value is -0.0800. The maximum atomic E-state index is 3.82. The average Bonchev–Trinajstić information content (AvgIpc) is 2.66. The molecule has 2 rings (SSSR count). The van der Waals surface area contributed by atoms with Crippen LogP contribution in [0.4, 0.5) is 0 Å². The van der Waals surface area contributed by atoms with E-state index < -0.39 is 0 Å². The zero-order valence-electron chi connectivity index (χ0n) is 14.2. The third-order valence-corrected chi connectivity index (χ3v) is 5.29. The second-order valence-electron chi connectivity index (χ2n) is 7.89. The van der Waals surface area contributed by atoms with Crippen LogP contribution in [0.5, 0.6) is 0 Å². The molecule has 0 aromatic rings. The van der Waals surface area contributed by atoms with Crippen LogP contribution in [-0.4, -0.2) is 36.1 Å². The summed E-state index contributed by atoms with van der Waals surface area (Å²) in [5.74, 6) is 1.57. The van der Waals surface area contributed by atoms with Crippen molar-refractivity contribution in [1.82, 2.24) is 10.2 Å². The van der Waals surface area contributed by atoms with Gasteiger partial charge in [0.2, 0.25) is 0 Å². The van der Waals surface area contributed by atoms with E-state index in [4.69, 9.17) is 0 Å². The zero-order chi connectivity index (χ0) is 14.5. The Balaban J connectivity index is 2.01. The SMILES string of the molecule is CC(C)CC1CN(C2CCCCCC2)C(C(C)C)CN1. The lowest BCUT2D eigenvalue weighted by molar-refractivity contribution is 0.0445. The minimum absolute atomic E-state index is 0.716. The molecule has 118 valence electrons. The number of hydrogen-bond donors (Lipinski definition) is 1. The minimum atomic E-state index is 0.716. The summed E-state index contributed by atoms with van der Waals surface area (Å²) in [5.41, 5.74) is 0. The standard InChI is InChI=1S/C18H36N2/c1-14(2)11-16-13-20(18(12-19-16)15(3)4)17-9-7-5-6-8-10-17/h14-19H,5-13H2,1-4H3. The van der Waals surface area contributed by atoms with E-state index in [1.165, 1.54) is 58.0 Å². The molecular formula is C18H36N2. The van der Waals surface area contributed by atoms with E-state index in [1.54, 1.807) is 0 Å². The van der Waals surface area contributed by atoms with Crippen LogP contribution in [0.15, 0.2) is 0 Å². The third kappa shape index (κ3) is 4.46. The molecule has 1 aliphatic carbocycles. The second-order valence-corrected chi connectivity index (χ2v) is 7.89. The molecule has 0 bridgehead atoms. The molecule has 1 saturated heterocycles. The first-order valence-electron chi connectivity index (χ1n) is 9.07. The summed E-state index contributed by atoms with van der Waals surface area (Å²) in [6, 6.07) is 2.33. The molecule has 1 heterocycles. The van der Waals surface area contributed by atoms with Gasteiger partial charge in [-0.25, -0.2) is 0 Å². The topological polar surface area (TPSA) is 15.3 Å². The Morgan fingerprint density at radius 3 is 2.20 bits per heavy atom. The number of nitrogens with zero attached hydrogens (tertiary/aromatic N) is 1. The summed E-state index contributed by atoms with van der Waals surface area (Å²) in [5, 5.41) is 3.82. The molecule has 1 saturated carbocycles. The first-order chi connectivity index (χ1) is 9.58. The van der Waals surface area contributed by atoms with Gasteiger partial charge in [-0.15, -0.1) is 0 Å². The zero-order valence-corrected chi connectivity index (χ0v) is 14.2. The molecule has 0 radical (unpaired) electrons. The van der Waals surface area contributed by atoms with Gasteiger partial charge < -0.3 is 5.32 Å². The van der Waals surface area contributed by atoms with E-state index in [-0.39, 0.29) is 0 Å². The lowest BCUT2D eigenvalue weighted by Gasteiger charge is -2.47. The van der Waals surface area contributed by atoms with Gasteiger partial charge >= 0.3 is 0 Å². The van der Waals surface area contributed by atoms with Crippen molar-refractivity contribution >= 4 is 0 Å². The maximum Gasteiger partial charge on any atom is 0.0247 e. The van der Waals surface area contributed by atoms with Crippen LogP contribution in [0.1, 0.15) is 72.6 Å². The summed E-state index contributed by atoms with van der Waals surface area (Å²) in [7, 11) is 0. The summed E-state index contributed by atoms with van der Waals surface area (Å²) in [6.45, 7) is 12.0. The van der Waals surface area contributed by atoms with Gasteiger partial charge in [0.15, 0.2) is 0 Å². The average molecular weight is 280 g/mol. The van der Waals surface area contributed by atoms with Crippen molar-refractivity contribution in [3.8, 4) is 0 Å². The number of hydrogen-bond acceptors (Lipinski definition) is 2. The molecule has 1 aliphatic heterocycles. The molecule has 2 heteroatoms. The summed E-state index contributed by atoms with van der Waals surface area (Å²) < 4.78 is 0. The van der Waals surface area contributed by atoms with Crippen molar-refractivity contribution in [3.05, 3.63) is 0 Å². The molecule has 2 nitrogen and oxygen atoms in total. The number of rotatable bonds is 4. The van der Waals surface area contributed by atoms with Crippen LogP contribution < -0.4 is 5.32 Å². The van der Waals surface area contributed by atoms with Gasteiger partial charge in [0.1, 0.15) is 0 Å². The molecular weight excluding hydrogens is 244 g/mol. The van der Waals surface area contributed by atoms with Gasteiger partial charge in [-0.2, -0.15) is 0 Å². The van der Waals surface area contributed by atoms with Crippen molar-refractivity contribution in [2.75, 3.05) is 13.1 Å². The van der Waals surface area contributed by atoms with E-state index in [0.717, 1.165) is 23.9 Å². The van der Waals surface area contributed by atoms with Gasteiger partial charge in [0, 0.05) is 31.2 Å². The van der Waals surface area contributed by atoms with Crippen molar-refractivity contribution in [1.29, 1.82) is 0 Å².